The highest BCUT2D eigenvalue weighted by Crippen LogP contribution is 2.46. The van der Waals surface area contributed by atoms with Crippen LogP contribution in [0.4, 0.5) is 0 Å². The molecule has 88 valence electrons. The van der Waals surface area contributed by atoms with Gasteiger partial charge in [0.05, 0.1) is 6.33 Å². The van der Waals surface area contributed by atoms with Gasteiger partial charge < -0.3 is 9.88 Å². The molecule has 0 spiro atoms. The van der Waals surface area contributed by atoms with Crippen molar-refractivity contribution in [3.63, 3.8) is 0 Å². The van der Waals surface area contributed by atoms with Gasteiger partial charge in [-0.2, -0.15) is 0 Å². The Bertz CT molecular complexity index is 352. The molecule has 1 saturated heterocycles. The van der Waals surface area contributed by atoms with Crippen LogP contribution in [0.5, 0.6) is 0 Å². The number of piperidine rings is 1. The van der Waals surface area contributed by atoms with Gasteiger partial charge in [-0.15, -0.1) is 0 Å². The minimum absolute atomic E-state index is 0.689. The second-order valence-corrected chi connectivity index (χ2v) is 5.24. The first kappa shape index (κ1) is 10.3. The average Bonchev–Trinajstić information content (AvgIpc) is 2.97. The van der Waals surface area contributed by atoms with Gasteiger partial charge >= 0.3 is 0 Å². The zero-order chi connectivity index (χ0) is 11.0. The molecule has 1 aliphatic carbocycles. The summed E-state index contributed by atoms with van der Waals surface area (Å²) in [6.45, 7) is 4.62. The third-order valence-electron chi connectivity index (χ3n) is 4.18. The van der Waals surface area contributed by atoms with Crippen LogP contribution in [-0.4, -0.2) is 22.6 Å². The Kier molecular flexibility index (Phi) is 2.72. The lowest BCUT2D eigenvalue weighted by atomic mass is 9.96. The van der Waals surface area contributed by atoms with E-state index in [4.69, 9.17) is 0 Å². The number of nitrogens with one attached hydrogen (secondary N) is 1. The molecule has 0 amide bonds. The predicted octanol–water partition coefficient (Wildman–Crippen LogP) is 2.32. The average molecular weight is 219 g/mol. The van der Waals surface area contributed by atoms with Crippen molar-refractivity contribution in [2.45, 2.75) is 44.6 Å². The predicted molar refractivity (Wildman–Crippen MR) is 64.5 cm³/mol. The third-order valence-corrected chi connectivity index (χ3v) is 4.18. The Hall–Kier alpha value is -0.830. The highest BCUT2D eigenvalue weighted by molar-refractivity contribution is 5.12. The fraction of sp³-hybridized carbons (Fsp3) is 0.769. The highest BCUT2D eigenvalue weighted by Gasteiger charge is 2.38. The molecule has 1 saturated carbocycles. The second kappa shape index (κ2) is 4.21. The summed E-state index contributed by atoms with van der Waals surface area (Å²) < 4.78 is 2.45. The summed E-state index contributed by atoms with van der Waals surface area (Å²) in [4.78, 5) is 4.36. The van der Waals surface area contributed by atoms with E-state index in [0.29, 0.717) is 5.92 Å². The number of hydrogen-bond donors (Lipinski definition) is 1. The quantitative estimate of drug-likeness (QED) is 0.845. The molecule has 2 heterocycles. The molecule has 3 atom stereocenters. The summed E-state index contributed by atoms with van der Waals surface area (Å²) in [6.07, 6.45) is 9.43. The first-order valence-corrected chi connectivity index (χ1v) is 6.62. The van der Waals surface area contributed by atoms with E-state index in [0.717, 1.165) is 18.5 Å². The minimum atomic E-state index is 0.689. The molecule has 3 rings (SSSR count). The summed E-state index contributed by atoms with van der Waals surface area (Å²) in [5.41, 5.74) is 1.47. The van der Waals surface area contributed by atoms with Crippen molar-refractivity contribution in [3.8, 4) is 0 Å². The van der Waals surface area contributed by atoms with Crippen molar-refractivity contribution in [2.24, 2.45) is 5.92 Å². The van der Waals surface area contributed by atoms with E-state index in [9.17, 15) is 0 Å². The van der Waals surface area contributed by atoms with Crippen molar-refractivity contribution >= 4 is 0 Å². The van der Waals surface area contributed by atoms with E-state index in [-0.39, 0.29) is 0 Å². The highest BCUT2D eigenvalue weighted by atomic mass is 15.1. The zero-order valence-electron chi connectivity index (χ0n) is 10.0. The van der Waals surface area contributed by atoms with Gasteiger partial charge in [-0.25, -0.2) is 4.98 Å². The van der Waals surface area contributed by atoms with Gasteiger partial charge in [-0.05, 0) is 31.7 Å². The second-order valence-electron chi connectivity index (χ2n) is 5.24. The molecule has 0 aromatic carbocycles. The van der Waals surface area contributed by atoms with Crippen molar-refractivity contribution < 1.29 is 0 Å². The smallest absolute Gasteiger partial charge is 0.0950 e. The van der Waals surface area contributed by atoms with Gasteiger partial charge in [0.2, 0.25) is 0 Å². The van der Waals surface area contributed by atoms with Crippen LogP contribution in [0.15, 0.2) is 12.5 Å². The Morgan fingerprint density at radius 1 is 1.56 bits per heavy atom. The normalized spacial score (nSPS) is 33.9. The Labute approximate surface area is 97.3 Å². The molecule has 1 aromatic heterocycles. The molecule has 2 fully saturated rings. The van der Waals surface area contributed by atoms with Gasteiger partial charge in [-0.1, -0.05) is 13.3 Å². The van der Waals surface area contributed by atoms with Crippen molar-refractivity contribution in [3.05, 3.63) is 18.2 Å². The van der Waals surface area contributed by atoms with Crippen LogP contribution in [-0.2, 0) is 0 Å². The first-order chi connectivity index (χ1) is 7.90. The summed E-state index contributed by atoms with van der Waals surface area (Å²) in [6, 6.07) is 0.754. The van der Waals surface area contributed by atoms with Gasteiger partial charge in [0.15, 0.2) is 0 Å². The van der Waals surface area contributed by atoms with Gasteiger partial charge in [0.25, 0.3) is 0 Å². The maximum Gasteiger partial charge on any atom is 0.0950 e. The van der Waals surface area contributed by atoms with E-state index in [1.165, 1.54) is 37.9 Å². The van der Waals surface area contributed by atoms with Crippen LogP contribution in [0.2, 0.25) is 0 Å². The monoisotopic (exact) mass is 219 g/mol. The molecule has 3 unspecified atom stereocenters. The largest absolute Gasteiger partial charge is 0.331 e. The molecular formula is C13H21N3. The number of aromatic nitrogens is 2. The van der Waals surface area contributed by atoms with Crippen LogP contribution in [0.3, 0.4) is 0 Å². The molecule has 0 radical (unpaired) electrons. The van der Waals surface area contributed by atoms with E-state index in [2.05, 4.69) is 28.0 Å². The van der Waals surface area contributed by atoms with Gasteiger partial charge in [0, 0.05) is 30.4 Å². The standard InChI is InChI=1S/C13H21N3/c1-2-10-6-12(10)16-9-15-8-13(16)11-4-3-5-14-7-11/h8-12,14H,2-7H2,1H3. The van der Waals surface area contributed by atoms with Crippen molar-refractivity contribution in [2.75, 3.05) is 13.1 Å². The molecule has 2 aliphatic rings. The first-order valence-electron chi connectivity index (χ1n) is 6.62. The maximum atomic E-state index is 4.36. The molecule has 1 aliphatic heterocycles. The summed E-state index contributed by atoms with van der Waals surface area (Å²) in [5.74, 6) is 1.60. The van der Waals surface area contributed by atoms with E-state index >= 15 is 0 Å². The molecule has 16 heavy (non-hydrogen) atoms. The van der Waals surface area contributed by atoms with Crippen LogP contribution in [0.25, 0.3) is 0 Å². The Morgan fingerprint density at radius 2 is 2.50 bits per heavy atom. The Balaban J connectivity index is 1.77. The molecule has 0 bridgehead atoms. The minimum Gasteiger partial charge on any atom is -0.331 e. The van der Waals surface area contributed by atoms with Crippen LogP contribution < -0.4 is 5.32 Å². The van der Waals surface area contributed by atoms with Crippen molar-refractivity contribution in [1.29, 1.82) is 0 Å². The lowest BCUT2D eigenvalue weighted by molar-refractivity contribution is 0.438. The van der Waals surface area contributed by atoms with E-state index in [1.54, 1.807) is 0 Å². The van der Waals surface area contributed by atoms with Crippen LogP contribution in [0.1, 0.15) is 50.3 Å². The third kappa shape index (κ3) is 1.77. The van der Waals surface area contributed by atoms with Gasteiger partial charge in [0.1, 0.15) is 0 Å². The Morgan fingerprint density at radius 3 is 3.19 bits per heavy atom. The maximum absolute atomic E-state index is 4.36. The van der Waals surface area contributed by atoms with E-state index in [1.807, 2.05) is 6.33 Å². The molecule has 3 heteroatoms. The molecule has 1 N–H and O–H groups in total. The summed E-state index contributed by atoms with van der Waals surface area (Å²) >= 11 is 0. The molecule has 3 nitrogen and oxygen atoms in total. The molecular weight excluding hydrogens is 198 g/mol. The number of hydrogen-bond acceptors (Lipinski definition) is 2. The van der Waals surface area contributed by atoms with Gasteiger partial charge in [-0.3, -0.25) is 0 Å². The van der Waals surface area contributed by atoms with Crippen LogP contribution in [0, 0.1) is 5.92 Å². The topological polar surface area (TPSA) is 29.9 Å². The fourth-order valence-electron chi connectivity index (χ4n) is 3.02. The fourth-order valence-corrected chi connectivity index (χ4v) is 3.02. The lowest BCUT2D eigenvalue weighted by Gasteiger charge is -2.23. The van der Waals surface area contributed by atoms with Crippen LogP contribution >= 0.6 is 0 Å². The summed E-state index contributed by atoms with van der Waals surface area (Å²) in [5, 5.41) is 3.49. The lowest BCUT2D eigenvalue weighted by Crippen LogP contribution is -2.29. The molecule has 1 aromatic rings. The SMILES string of the molecule is CCC1CC1n1cncc1C1CCCNC1. The van der Waals surface area contributed by atoms with E-state index < -0.39 is 0 Å². The number of nitrogens with zero attached hydrogens (tertiary/aromatic N) is 2. The number of rotatable bonds is 3. The zero-order valence-corrected chi connectivity index (χ0v) is 10.0. The number of imidazole rings is 1. The summed E-state index contributed by atoms with van der Waals surface area (Å²) in [7, 11) is 0. The van der Waals surface area contributed by atoms with Crippen molar-refractivity contribution in [1.82, 2.24) is 14.9 Å².